The van der Waals surface area contributed by atoms with Gasteiger partial charge in [0.05, 0.1) is 0 Å². The first-order valence-electron chi connectivity index (χ1n) is 4.15. The van der Waals surface area contributed by atoms with Crippen LogP contribution in [0.2, 0.25) is 0 Å². The van der Waals surface area contributed by atoms with Gasteiger partial charge in [-0.05, 0) is 22.6 Å². The molecule has 0 saturated carbocycles. The molecule has 0 N–H and O–H groups in total. The zero-order chi connectivity index (χ0) is 17.7. The first-order valence-corrected chi connectivity index (χ1v) is 5.22. The van der Waals surface area contributed by atoms with Gasteiger partial charge < -0.3 is 0 Å². The smallest absolute Gasteiger partial charge is 0.201 e. The van der Waals surface area contributed by atoms with Gasteiger partial charge in [0, 0.05) is 0 Å². The standard InChI is InChI=1S/C7F13I/c8-1(2(9)21)3(10,11)4(12,13)5(14,15)6(16,17)7(18,19)20/b2-1+. The van der Waals surface area contributed by atoms with Crippen LogP contribution in [0.1, 0.15) is 0 Å². The largest absolute Gasteiger partial charge is 0.460 e. The molecular formula is C7F13I. The lowest BCUT2D eigenvalue weighted by molar-refractivity contribution is -0.419. The Bertz CT molecular complexity index is 426. The highest BCUT2D eigenvalue weighted by Gasteiger charge is 2.88. The number of hydrogen-bond acceptors (Lipinski definition) is 0. The van der Waals surface area contributed by atoms with Crippen molar-refractivity contribution in [3.63, 3.8) is 0 Å². The van der Waals surface area contributed by atoms with E-state index in [1.807, 2.05) is 0 Å². The third-order valence-corrected chi connectivity index (χ3v) is 2.45. The Hall–Kier alpha value is -0.440. The Balaban J connectivity index is 6.20. The van der Waals surface area contributed by atoms with Crippen molar-refractivity contribution in [2.75, 3.05) is 0 Å². The van der Waals surface area contributed by atoms with E-state index < -0.39 is 39.5 Å². The van der Waals surface area contributed by atoms with Crippen LogP contribution >= 0.6 is 22.6 Å². The van der Waals surface area contributed by atoms with E-state index in [1.54, 1.807) is 0 Å². The highest BCUT2D eigenvalue weighted by atomic mass is 127. The summed E-state index contributed by atoms with van der Waals surface area (Å²) in [6.07, 6.45) is -7.35. The lowest BCUT2D eigenvalue weighted by Crippen LogP contribution is -2.66. The van der Waals surface area contributed by atoms with Crippen molar-refractivity contribution < 1.29 is 57.1 Å². The minimum Gasteiger partial charge on any atom is -0.201 e. The first kappa shape index (κ1) is 20.6. The molecule has 0 aliphatic heterocycles. The van der Waals surface area contributed by atoms with Crippen LogP contribution < -0.4 is 0 Å². The molecule has 0 amide bonds. The van der Waals surface area contributed by atoms with Crippen molar-refractivity contribution in [3.05, 3.63) is 9.66 Å². The molecule has 0 nitrogen and oxygen atoms in total. The lowest BCUT2D eigenvalue weighted by Gasteiger charge is -2.36. The monoisotopic (exact) mass is 458 g/mol. The molecule has 0 rings (SSSR count). The summed E-state index contributed by atoms with van der Waals surface area (Å²) in [4.78, 5) is 0. The van der Waals surface area contributed by atoms with Gasteiger partial charge in [0.1, 0.15) is 0 Å². The van der Waals surface area contributed by atoms with E-state index in [1.165, 1.54) is 0 Å². The average molecular weight is 458 g/mol. The van der Waals surface area contributed by atoms with Crippen LogP contribution in [-0.2, 0) is 0 Å². The predicted molar refractivity (Wildman–Crippen MR) is 49.1 cm³/mol. The summed E-state index contributed by atoms with van der Waals surface area (Å²) in [5, 5.41) is 0. The van der Waals surface area contributed by atoms with Gasteiger partial charge in [0.15, 0.2) is 3.83 Å². The first-order chi connectivity index (χ1) is 8.85. The van der Waals surface area contributed by atoms with E-state index >= 15 is 0 Å². The van der Waals surface area contributed by atoms with Gasteiger partial charge in [-0.15, -0.1) is 0 Å². The highest BCUT2D eigenvalue weighted by Crippen LogP contribution is 2.59. The van der Waals surface area contributed by atoms with Crippen molar-refractivity contribution in [2.24, 2.45) is 0 Å². The zero-order valence-corrected chi connectivity index (χ0v) is 10.9. The van der Waals surface area contributed by atoms with E-state index in [0.29, 0.717) is 0 Å². The van der Waals surface area contributed by atoms with Crippen LogP contribution in [0.25, 0.3) is 0 Å². The quantitative estimate of drug-likeness (QED) is 0.379. The summed E-state index contributed by atoms with van der Waals surface area (Å²) in [7, 11) is 0. The fraction of sp³-hybridized carbons (Fsp3) is 0.714. The molecule has 0 unspecified atom stereocenters. The molecule has 0 bridgehead atoms. The summed E-state index contributed by atoms with van der Waals surface area (Å²) < 4.78 is 157. The molecule has 0 heterocycles. The highest BCUT2D eigenvalue weighted by molar-refractivity contribution is 14.1. The van der Waals surface area contributed by atoms with E-state index in [2.05, 4.69) is 0 Å². The second-order valence-electron chi connectivity index (χ2n) is 3.37. The molecule has 0 aromatic carbocycles. The van der Waals surface area contributed by atoms with E-state index in [-0.39, 0.29) is 22.6 Å². The van der Waals surface area contributed by atoms with E-state index in [9.17, 15) is 57.1 Å². The number of allylic oxidation sites excluding steroid dienone is 1. The average Bonchev–Trinajstić information content (AvgIpc) is 2.25. The zero-order valence-electron chi connectivity index (χ0n) is 8.79. The summed E-state index contributed by atoms with van der Waals surface area (Å²) in [5.41, 5.74) is 0. The fourth-order valence-corrected chi connectivity index (χ4v) is 1.17. The Morgan fingerprint density at radius 3 is 1.14 bits per heavy atom. The van der Waals surface area contributed by atoms with Gasteiger partial charge in [-0.1, -0.05) is 0 Å². The van der Waals surface area contributed by atoms with Crippen LogP contribution in [0.15, 0.2) is 9.66 Å². The molecular weight excluding hydrogens is 458 g/mol. The van der Waals surface area contributed by atoms with E-state index in [4.69, 9.17) is 0 Å². The van der Waals surface area contributed by atoms with Gasteiger partial charge in [0.2, 0.25) is 5.83 Å². The molecule has 0 aliphatic rings. The summed E-state index contributed by atoms with van der Waals surface area (Å²) >= 11 is -0.0310. The summed E-state index contributed by atoms with van der Waals surface area (Å²) in [6.45, 7) is 0. The van der Waals surface area contributed by atoms with Gasteiger partial charge in [-0.25, -0.2) is 4.39 Å². The van der Waals surface area contributed by atoms with Crippen LogP contribution in [0.4, 0.5) is 57.1 Å². The van der Waals surface area contributed by atoms with Crippen molar-refractivity contribution in [3.8, 4) is 0 Å². The minimum atomic E-state index is -7.76. The molecule has 0 saturated heterocycles. The maximum absolute atomic E-state index is 12.7. The lowest BCUT2D eigenvalue weighted by atomic mass is 9.97. The molecule has 126 valence electrons. The predicted octanol–water partition coefficient (Wildman–Crippen LogP) is 5.63. The van der Waals surface area contributed by atoms with Crippen molar-refractivity contribution >= 4 is 22.6 Å². The molecule has 0 radical (unpaired) electrons. The Kier molecular flexibility index (Phi) is 5.22. The van der Waals surface area contributed by atoms with Gasteiger partial charge in [0.25, 0.3) is 0 Å². The third kappa shape index (κ3) is 2.91. The van der Waals surface area contributed by atoms with Crippen LogP contribution in [0.5, 0.6) is 0 Å². The molecule has 0 fully saturated rings. The second-order valence-corrected chi connectivity index (χ2v) is 4.32. The van der Waals surface area contributed by atoms with Crippen LogP contribution in [-0.4, -0.2) is 29.9 Å². The maximum Gasteiger partial charge on any atom is 0.460 e. The summed E-state index contributed by atoms with van der Waals surface area (Å²) in [5.74, 6) is -33.8. The van der Waals surface area contributed by atoms with Crippen LogP contribution in [0.3, 0.4) is 0 Å². The van der Waals surface area contributed by atoms with Crippen molar-refractivity contribution in [1.82, 2.24) is 0 Å². The number of hydrogen-bond donors (Lipinski definition) is 0. The van der Waals surface area contributed by atoms with Gasteiger partial charge in [-0.3, -0.25) is 0 Å². The van der Waals surface area contributed by atoms with Gasteiger partial charge in [-0.2, -0.15) is 52.7 Å². The van der Waals surface area contributed by atoms with Crippen molar-refractivity contribution in [2.45, 2.75) is 29.9 Å². The van der Waals surface area contributed by atoms with Gasteiger partial charge >= 0.3 is 29.9 Å². The third-order valence-electron chi connectivity index (χ3n) is 1.98. The van der Waals surface area contributed by atoms with Crippen LogP contribution in [0, 0.1) is 0 Å². The molecule has 14 heteroatoms. The SMILES string of the molecule is F/C(I)=C(\F)C(F)(F)C(F)(F)C(F)(F)C(F)(F)C(F)(F)F. The second kappa shape index (κ2) is 5.33. The molecule has 21 heavy (non-hydrogen) atoms. The Labute approximate surface area is 120 Å². The van der Waals surface area contributed by atoms with Crippen molar-refractivity contribution in [1.29, 1.82) is 0 Å². The maximum atomic E-state index is 12.7. The normalized spacial score (nSPS) is 16.9. The fourth-order valence-electron chi connectivity index (χ4n) is 0.829. The molecule has 0 aromatic rings. The Morgan fingerprint density at radius 1 is 0.571 bits per heavy atom. The summed E-state index contributed by atoms with van der Waals surface area (Å²) in [6, 6.07) is 0. The molecule has 0 aliphatic carbocycles. The topological polar surface area (TPSA) is 0 Å². The number of alkyl halides is 11. The minimum absolute atomic E-state index is 0.0310. The molecule has 0 spiro atoms. The van der Waals surface area contributed by atoms with E-state index in [0.717, 1.165) is 0 Å². The molecule has 0 atom stereocenters. The number of rotatable bonds is 4. The molecule has 0 aromatic heterocycles. The Morgan fingerprint density at radius 2 is 0.905 bits per heavy atom. The number of halogens is 14.